The van der Waals surface area contributed by atoms with Crippen molar-refractivity contribution in [3.63, 3.8) is 0 Å². The molecule has 1 rings (SSSR count). The molecule has 1 aromatic carbocycles. The van der Waals surface area contributed by atoms with Crippen molar-refractivity contribution in [1.82, 2.24) is 0 Å². The minimum Gasteiger partial charge on any atom is -0.390 e. The van der Waals surface area contributed by atoms with Crippen LogP contribution in [0.3, 0.4) is 0 Å². The van der Waals surface area contributed by atoms with Crippen LogP contribution < -0.4 is 0 Å². The number of aliphatic hydroxyl groups excluding tert-OH is 1. The Kier molecular flexibility index (Phi) is 5.10. The maximum Gasteiger partial charge on any atom is 0.411 e. The van der Waals surface area contributed by atoms with E-state index in [1.54, 1.807) is 6.92 Å². The van der Waals surface area contributed by atoms with Crippen LogP contribution in [0.25, 0.3) is 0 Å². The lowest BCUT2D eigenvalue weighted by molar-refractivity contribution is -0.179. The predicted octanol–water partition coefficient (Wildman–Crippen LogP) is 2.62. The van der Waals surface area contributed by atoms with E-state index in [0.29, 0.717) is 11.1 Å². The molecule has 0 fully saturated rings. The van der Waals surface area contributed by atoms with Gasteiger partial charge in [-0.25, -0.2) is 4.39 Å². The number of aryl methyl sites for hydroxylation is 1. The van der Waals surface area contributed by atoms with E-state index < -0.39 is 25.5 Å². The molecule has 0 spiro atoms. The molecule has 0 heterocycles. The number of alkyl halides is 3. The summed E-state index contributed by atoms with van der Waals surface area (Å²) in [7, 11) is 0. The standard InChI is InChI=1S/C12H14F4O2/c1-8-4-10(13)3-2-9(8)5-11(17)6-18-7-12(14,15)16/h2-4,11,17H,5-7H2,1H3. The van der Waals surface area contributed by atoms with Gasteiger partial charge < -0.3 is 9.84 Å². The van der Waals surface area contributed by atoms with Crippen LogP contribution in [-0.2, 0) is 11.2 Å². The van der Waals surface area contributed by atoms with Gasteiger partial charge >= 0.3 is 6.18 Å². The first-order valence-electron chi connectivity index (χ1n) is 5.35. The summed E-state index contributed by atoms with van der Waals surface area (Å²) in [6.45, 7) is -0.121. The number of benzene rings is 1. The molecule has 1 N–H and O–H groups in total. The van der Waals surface area contributed by atoms with Gasteiger partial charge in [-0.2, -0.15) is 13.2 Å². The lowest BCUT2D eigenvalue weighted by atomic mass is 10.0. The van der Waals surface area contributed by atoms with Gasteiger partial charge in [0.05, 0.1) is 12.7 Å². The van der Waals surface area contributed by atoms with Crippen LogP contribution in [-0.4, -0.2) is 30.6 Å². The molecule has 0 saturated heterocycles. The van der Waals surface area contributed by atoms with Gasteiger partial charge in [-0.05, 0) is 30.2 Å². The van der Waals surface area contributed by atoms with E-state index in [1.165, 1.54) is 18.2 Å². The highest BCUT2D eigenvalue weighted by Gasteiger charge is 2.27. The first-order chi connectivity index (χ1) is 8.28. The number of hydrogen-bond donors (Lipinski definition) is 1. The lowest BCUT2D eigenvalue weighted by Gasteiger charge is -2.14. The maximum atomic E-state index is 12.8. The van der Waals surface area contributed by atoms with Crippen molar-refractivity contribution in [3.05, 3.63) is 35.1 Å². The molecular formula is C12H14F4O2. The van der Waals surface area contributed by atoms with Gasteiger partial charge in [0.25, 0.3) is 0 Å². The van der Waals surface area contributed by atoms with Crippen molar-refractivity contribution in [3.8, 4) is 0 Å². The fourth-order valence-corrected chi connectivity index (χ4v) is 1.51. The number of halogens is 4. The van der Waals surface area contributed by atoms with Gasteiger partial charge in [0, 0.05) is 6.42 Å². The van der Waals surface area contributed by atoms with Gasteiger partial charge in [-0.1, -0.05) is 6.07 Å². The van der Waals surface area contributed by atoms with Gasteiger partial charge in [0.1, 0.15) is 12.4 Å². The van der Waals surface area contributed by atoms with Crippen LogP contribution in [0.5, 0.6) is 0 Å². The Labute approximate surface area is 102 Å². The zero-order valence-corrected chi connectivity index (χ0v) is 9.80. The van der Waals surface area contributed by atoms with Crippen LogP contribution in [0.15, 0.2) is 18.2 Å². The highest BCUT2D eigenvalue weighted by molar-refractivity contribution is 5.27. The Morgan fingerprint density at radius 2 is 2.00 bits per heavy atom. The zero-order valence-electron chi connectivity index (χ0n) is 9.80. The van der Waals surface area contributed by atoms with Crippen molar-refractivity contribution >= 4 is 0 Å². The Hall–Kier alpha value is -1.14. The molecule has 0 saturated carbocycles. The van der Waals surface area contributed by atoms with Gasteiger partial charge in [0.2, 0.25) is 0 Å². The molecule has 18 heavy (non-hydrogen) atoms. The lowest BCUT2D eigenvalue weighted by Crippen LogP contribution is -2.24. The predicted molar refractivity (Wildman–Crippen MR) is 57.7 cm³/mol. The summed E-state index contributed by atoms with van der Waals surface area (Å²) in [5.74, 6) is -0.390. The average Bonchev–Trinajstić information content (AvgIpc) is 2.20. The van der Waals surface area contributed by atoms with Gasteiger partial charge in [-0.15, -0.1) is 0 Å². The van der Waals surface area contributed by atoms with E-state index >= 15 is 0 Å². The Bertz CT molecular complexity index is 390. The fourth-order valence-electron chi connectivity index (χ4n) is 1.51. The van der Waals surface area contributed by atoms with E-state index in [1.807, 2.05) is 0 Å². The van der Waals surface area contributed by atoms with E-state index in [4.69, 9.17) is 0 Å². The van der Waals surface area contributed by atoms with E-state index in [9.17, 15) is 22.7 Å². The Morgan fingerprint density at radius 1 is 1.33 bits per heavy atom. The molecule has 6 heteroatoms. The second kappa shape index (κ2) is 6.15. The molecule has 0 radical (unpaired) electrons. The number of hydrogen-bond acceptors (Lipinski definition) is 2. The summed E-state index contributed by atoms with van der Waals surface area (Å²) in [5, 5.41) is 9.51. The number of aliphatic hydroxyl groups is 1. The van der Waals surface area contributed by atoms with Crippen LogP contribution >= 0.6 is 0 Å². The SMILES string of the molecule is Cc1cc(F)ccc1CC(O)COCC(F)(F)F. The van der Waals surface area contributed by atoms with E-state index in [-0.39, 0.29) is 12.2 Å². The topological polar surface area (TPSA) is 29.5 Å². The third-order valence-corrected chi connectivity index (χ3v) is 2.34. The molecule has 1 atom stereocenters. The number of ether oxygens (including phenoxy) is 1. The van der Waals surface area contributed by atoms with E-state index in [2.05, 4.69) is 4.74 Å². The molecule has 0 aliphatic carbocycles. The summed E-state index contributed by atoms with van der Waals surface area (Å²) < 4.78 is 52.5. The molecule has 0 aliphatic rings. The third kappa shape index (κ3) is 5.46. The minimum atomic E-state index is -4.40. The third-order valence-electron chi connectivity index (χ3n) is 2.34. The molecule has 102 valence electrons. The average molecular weight is 266 g/mol. The van der Waals surface area contributed by atoms with Gasteiger partial charge in [-0.3, -0.25) is 0 Å². The van der Waals surface area contributed by atoms with Crippen molar-refractivity contribution < 1.29 is 27.4 Å². The van der Waals surface area contributed by atoms with Crippen molar-refractivity contribution in [2.24, 2.45) is 0 Å². The first kappa shape index (κ1) is 14.9. The molecule has 0 aliphatic heterocycles. The fraction of sp³-hybridized carbons (Fsp3) is 0.500. The summed E-state index contributed by atoms with van der Waals surface area (Å²) in [5.41, 5.74) is 1.32. The number of rotatable bonds is 5. The summed E-state index contributed by atoms with van der Waals surface area (Å²) in [4.78, 5) is 0. The van der Waals surface area contributed by atoms with E-state index in [0.717, 1.165) is 0 Å². The van der Waals surface area contributed by atoms with Crippen molar-refractivity contribution in [2.45, 2.75) is 25.6 Å². The molecule has 1 aromatic rings. The summed E-state index contributed by atoms with van der Waals surface area (Å²) in [6.07, 6.45) is -5.31. The van der Waals surface area contributed by atoms with Gasteiger partial charge in [0.15, 0.2) is 0 Å². The molecular weight excluding hydrogens is 252 g/mol. The normalized spacial score (nSPS) is 13.7. The maximum absolute atomic E-state index is 12.8. The Morgan fingerprint density at radius 3 is 2.56 bits per heavy atom. The zero-order chi connectivity index (χ0) is 13.8. The molecule has 0 amide bonds. The van der Waals surface area contributed by atoms with Crippen LogP contribution in [0.1, 0.15) is 11.1 Å². The summed E-state index contributed by atoms with van der Waals surface area (Å²) >= 11 is 0. The molecule has 0 aromatic heterocycles. The smallest absolute Gasteiger partial charge is 0.390 e. The Balaban J connectivity index is 2.42. The molecule has 1 unspecified atom stereocenters. The van der Waals surface area contributed by atoms with Crippen LogP contribution in [0.2, 0.25) is 0 Å². The summed E-state index contributed by atoms with van der Waals surface area (Å²) in [6, 6.07) is 4.04. The highest BCUT2D eigenvalue weighted by Crippen LogP contribution is 2.16. The van der Waals surface area contributed by atoms with Crippen LogP contribution in [0, 0.1) is 12.7 Å². The highest BCUT2D eigenvalue weighted by atomic mass is 19.4. The minimum absolute atomic E-state index is 0.129. The second-order valence-electron chi connectivity index (χ2n) is 4.06. The van der Waals surface area contributed by atoms with Crippen molar-refractivity contribution in [1.29, 1.82) is 0 Å². The van der Waals surface area contributed by atoms with Crippen LogP contribution in [0.4, 0.5) is 17.6 Å². The first-order valence-corrected chi connectivity index (χ1v) is 5.35. The molecule has 0 bridgehead atoms. The monoisotopic (exact) mass is 266 g/mol. The largest absolute Gasteiger partial charge is 0.411 e. The quantitative estimate of drug-likeness (QED) is 0.830. The second-order valence-corrected chi connectivity index (χ2v) is 4.06. The molecule has 2 nitrogen and oxygen atoms in total. The van der Waals surface area contributed by atoms with Crippen molar-refractivity contribution in [2.75, 3.05) is 13.2 Å².